The molecule has 0 radical (unpaired) electrons. The molecule has 64 heavy (non-hydrogen) atoms. The molecule has 0 spiro atoms. The number of allylic oxidation sites excluding steroid dienone is 4. The average molecular weight is 908 g/mol. The normalized spacial score (nSPS) is 23.0. The number of piperidine rings is 1. The second-order valence-corrected chi connectivity index (χ2v) is 19.8. The number of carboxylic acid groups (broad SMARTS) is 2. The Bertz CT molecular complexity index is 1450. The number of amides is 1. The molecule has 0 aromatic rings. The van der Waals surface area contributed by atoms with E-state index in [1.807, 2.05) is 36.1 Å². The summed E-state index contributed by atoms with van der Waals surface area (Å²) in [4.78, 5) is 55.8. The Labute approximate surface area is 385 Å². The van der Waals surface area contributed by atoms with Gasteiger partial charge in [-0.05, 0) is 94.5 Å². The molecular formula is C49H89N5O10. The van der Waals surface area contributed by atoms with Crippen molar-refractivity contribution < 1.29 is 49.1 Å². The summed E-state index contributed by atoms with van der Waals surface area (Å²) in [6.07, 6.45) is 10.1. The Morgan fingerprint density at radius 1 is 0.891 bits per heavy atom. The number of likely N-dealkylation sites (tertiary alicyclic amines) is 1. The zero-order valence-electron chi connectivity index (χ0n) is 41.4. The first-order valence-electron chi connectivity index (χ1n) is 24.1. The Hall–Kier alpha value is -2.76. The van der Waals surface area contributed by atoms with Crippen molar-refractivity contribution in [3.8, 4) is 0 Å². The number of carbonyl (C=O) groups excluding carboxylic acids is 2. The van der Waals surface area contributed by atoms with E-state index in [2.05, 4.69) is 76.5 Å². The zero-order valence-corrected chi connectivity index (χ0v) is 41.4. The van der Waals surface area contributed by atoms with Crippen molar-refractivity contribution in [3.05, 3.63) is 24.3 Å². The number of nitrogens with zero attached hydrogens (tertiary/aromatic N) is 2. The number of nitrogens with one attached hydrogen (secondary N) is 3. The fraction of sp³-hybridized carbons (Fsp3) is 0.837. The van der Waals surface area contributed by atoms with Crippen LogP contribution in [-0.2, 0) is 28.7 Å². The largest absolute Gasteiger partial charge is 0.481 e. The Balaban J connectivity index is 2.23. The van der Waals surface area contributed by atoms with Gasteiger partial charge in [0.2, 0.25) is 5.91 Å². The number of ketones is 1. The molecule has 1 heterocycles. The summed E-state index contributed by atoms with van der Waals surface area (Å²) < 4.78 is 12.2. The van der Waals surface area contributed by atoms with Crippen LogP contribution in [0.5, 0.6) is 0 Å². The predicted molar refractivity (Wildman–Crippen MR) is 251 cm³/mol. The maximum Gasteiger partial charge on any atom is 0.326 e. The van der Waals surface area contributed by atoms with Crippen LogP contribution in [0.4, 0.5) is 0 Å². The lowest BCUT2D eigenvalue weighted by atomic mass is 9.79. The standard InChI is InChI=1S/C49H89N5O10/c1-13-32(6)37(26-41(55)44(31(4)5)50-28-40(30(2)3)53(9)10)42(63-11)27-43(56)54-24-18-21-36(29-54)45(64-12)34(8)46(57)52-39(25-35-19-16-14-15-17-20-35)47(58)51-38(49(61)62)23-22-33(7)48(59)60/h14-16,19,30-40,42-46,50,52,56-57H,13,17-18,20-29H2,1-12H3,(H,51,58)(H,59,60)(H,61,62). The minimum atomic E-state index is -1.30. The van der Waals surface area contributed by atoms with Crippen molar-refractivity contribution in [2.45, 2.75) is 168 Å². The highest BCUT2D eigenvalue weighted by atomic mass is 16.5. The van der Waals surface area contributed by atoms with Crippen molar-refractivity contribution in [2.24, 2.45) is 47.3 Å². The number of aliphatic hydroxyl groups is 2. The quantitative estimate of drug-likeness (QED) is 0.0449. The molecule has 370 valence electrons. The van der Waals surface area contributed by atoms with E-state index in [0.717, 1.165) is 32.1 Å². The number of aliphatic hydroxyl groups excluding tert-OH is 2. The number of likely N-dealkylation sites (N-methyl/N-ethyl adjacent to an activating group) is 1. The lowest BCUT2D eigenvalue weighted by Crippen LogP contribution is -2.56. The molecule has 0 aromatic carbocycles. The van der Waals surface area contributed by atoms with Crippen molar-refractivity contribution in [1.29, 1.82) is 0 Å². The van der Waals surface area contributed by atoms with Gasteiger partial charge in [0.15, 0.2) is 0 Å². The van der Waals surface area contributed by atoms with Crippen LogP contribution < -0.4 is 16.0 Å². The number of hydrogen-bond acceptors (Lipinski definition) is 12. The van der Waals surface area contributed by atoms with Crippen LogP contribution in [0.25, 0.3) is 0 Å². The van der Waals surface area contributed by atoms with E-state index in [1.54, 1.807) is 14.2 Å². The molecule has 1 amide bonds. The summed E-state index contributed by atoms with van der Waals surface area (Å²) in [5.74, 6) is -3.49. The maximum atomic E-state index is 14.1. The first-order chi connectivity index (χ1) is 30.2. The van der Waals surface area contributed by atoms with Crippen LogP contribution in [0.3, 0.4) is 0 Å². The SMILES string of the molecule is CCC(C)C(CC(=O)C(NCC(C(C)C)N(C)C)C(C)C)C(CC(O)N1CCCC(C(OC)C(C)C(O)NC(CC2C=CC=CCC2)C(=O)NC(CCC(C)C(=O)O)C(=O)O)C1)OC. The molecular weight excluding hydrogens is 819 g/mol. The molecule has 0 saturated carbocycles. The fourth-order valence-electron chi connectivity index (χ4n) is 9.72. The molecule has 14 unspecified atom stereocenters. The molecule has 1 fully saturated rings. The van der Waals surface area contributed by atoms with Gasteiger partial charge in [-0.3, -0.25) is 24.6 Å². The topological polar surface area (TPSA) is 210 Å². The van der Waals surface area contributed by atoms with Gasteiger partial charge in [0.1, 0.15) is 24.3 Å². The monoisotopic (exact) mass is 908 g/mol. The third-order valence-electron chi connectivity index (χ3n) is 14.2. The summed E-state index contributed by atoms with van der Waals surface area (Å²) in [5, 5.41) is 52.2. The van der Waals surface area contributed by atoms with Crippen molar-refractivity contribution in [3.63, 3.8) is 0 Å². The van der Waals surface area contributed by atoms with Crippen LogP contribution in [-0.4, -0.2) is 151 Å². The van der Waals surface area contributed by atoms with Gasteiger partial charge in [0, 0.05) is 58.7 Å². The molecule has 1 saturated heterocycles. The van der Waals surface area contributed by atoms with Gasteiger partial charge in [-0.25, -0.2) is 4.79 Å². The highest BCUT2D eigenvalue weighted by Crippen LogP contribution is 2.33. The van der Waals surface area contributed by atoms with E-state index in [4.69, 9.17) is 9.47 Å². The van der Waals surface area contributed by atoms with Gasteiger partial charge in [-0.2, -0.15) is 0 Å². The molecule has 7 N–H and O–H groups in total. The van der Waals surface area contributed by atoms with Gasteiger partial charge in [-0.1, -0.05) is 86.1 Å². The number of rotatable bonds is 31. The summed E-state index contributed by atoms with van der Waals surface area (Å²) >= 11 is 0. The summed E-state index contributed by atoms with van der Waals surface area (Å²) in [6.45, 7) is 18.1. The smallest absolute Gasteiger partial charge is 0.326 e. The van der Waals surface area contributed by atoms with Crippen molar-refractivity contribution >= 4 is 23.6 Å². The van der Waals surface area contributed by atoms with Crippen LogP contribution >= 0.6 is 0 Å². The van der Waals surface area contributed by atoms with Crippen LogP contribution in [0, 0.1) is 47.3 Å². The molecule has 2 rings (SSSR count). The molecule has 2 aliphatic rings. The molecule has 14 atom stereocenters. The third kappa shape index (κ3) is 18.5. The van der Waals surface area contributed by atoms with E-state index in [1.165, 1.54) is 6.92 Å². The summed E-state index contributed by atoms with van der Waals surface area (Å²) in [5.41, 5.74) is 0. The Morgan fingerprint density at radius 3 is 2.14 bits per heavy atom. The highest BCUT2D eigenvalue weighted by Gasteiger charge is 2.40. The van der Waals surface area contributed by atoms with Gasteiger partial charge in [0.25, 0.3) is 0 Å². The van der Waals surface area contributed by atoms with Gasteiger partial charge in [0.05, 0.1) is 30.2 Å². The van der Waals surface area contributed by atoms with Gasteiger partial charge < -0.3 is 45.4 Å². The van der Waals surface area contributed by atoms with Crippen molar-refractivity contribution in [2.75, 3.05) is 47.9 Å². The fourth-order valence-corrected chi connectivity index (χ4v) is 9.72. The summed E-state index contributed by atoms with van der Waals surface area (Å²) in [7, 11) is 7.40. The number of carboxylic acids is 2. The van der Waals surface area contributed by atoms with E-state index in [-0.39, 0.29) is 66.4 Å². The number of ether oxygens (including phenoxy) is 2. The molecule has 15 heteroatoms. The number of carbonyl (C=O) groups is 4. The van der Waals surface area contributed by atoms with E-state index in [9.17, 15) is 39.6 Å². The second kappa shape index (κ2) is 29.1. The predicted octanol–water partition coefficient (Wildman–Crippen LogP) is 5.15. The van der Waals surface area contributed by atoms with E-state index >= 15 is 0 Å². The zero-order chi connectivity index (χ0) is 48.3. The van der Waals surface area contributed by atoms with E-state index < -0.39 is 60.3 Å². The van der Waals surface area contributed by atoms with Gasteiger partial charge in [-0.15, -0.1) is 0 Å². The minimum Gasteiger partial charge on any atom is -0.481 e. The molecule has 0 bridgehead atoms. The molecule has 1 aliphatic heterocycles. The maximum absolute atomic E-state index is 14.1. The second-order valence-electron chi connectivity index (χ2n) is 19.8. The number of Topliss-reactive ketones (excluding diaryl/α,β-unsaturated/α-hetero) is 1. The van der Waals surface area contributed by atoms with Crippen LogP contribution in [0.15, 0.2) is 24.3 Å². The Kier molecular flexibility index (Phi) is 26.1. The number of methoxy groups -OCH3 is 2. The highest BCUT2D eigenvalue weighted by molar-refractivity contribution is 5.87. The third-order valence-corrected chi connectivity index (χ3v) is 14.2. The van der Waals surface area contributed by atoms with Gasteiger partial charge >= 0.3 is 11.9 Å². The lowest BCUT2D eigenvalue weighted by Gasteiger charge is -2.42. The first-order valence-corrected chi connectivity index (χ1v) is 24.1. The number of aliphatic carboxylic acids is 2. The van der Waals surface area contributed by atoms with Crippen LogP contribution in [0.2, 0.25) is 0 Å². The average Bonchev–Trinajstić information content (AvgIpc) is 3.52. The molecule has 15 nitrogen and oxygen atoms in total. The first kappa shape index (κ1) is 57.4. The molecule has 0 aromatic heterocycles. The number of hydrogen-bond donors (Lipinski definition) is 7. The van der Waals surface area contributed by atoms with Crippen molar-refractivity contribution in [1.82, 2.24) is 25.8 Å². The lowest BCUT2D eigenvalue weighted by molar-refractivity contribution is -0.144. The van der Waals surface area contributed by atoms with E-state index in [0.29, 0.717) is 44.8 Å². The molecule has 1 aliphatic carbocycles. The Morgan fingerprint density at radius 2 is 1.58 bits per heavy atom. The van der Waals surface area contributed by atoms with Crippen LogP contribution in [0.1, 0.15) is 120 Å². The summed E-state index contributed by atoms with van der Waals surface area (Å²) in [6, 6.07) is -2.26. The minimum absolute atomic E-state index is 0.0181.